The van der Waals surface area contributed by atoms with Crippen molar-refractivity contribution in [2.75, 3.05) is 0 Å². The lowest BCUT2D eigenvalue weighted by Gasteiger charge is -2.31. The van der Waals surface area contributed by atoms with Crippen molar-refractivity contribution in [3.8, 4) is 0 Å². The van der Waals surface area contributed by atoms with Gasteiger partial charge in [-0.1, -0.05) is 96.3 Å². The van der Waals surface area contributed by atoms with Crippen LogP contribution in [-0.2, 0) is 0 Å². The molecule has 0 aliphatic heterocycles. The van der Waals surface area contributed by atoms with Crippen LogP contribution in [0.1, 0.15) is 117 Å². The van der Waals surface area contributed by atoms with Gasteiger partial charge >= 0.3 is 0 Å². The Morgan fingerprint density at radius 2 is 1.40 bits per heavy atom. The summed E-state index contributed by atoms with van der Waals surface area (Å²) in [5.41, 5.74) is 1.69. The lowest BCUT2D eigenvalue weighted by Crippen LogP contribution is -2.17. The molecule has 2 rings (SSSR count). The zero-order valence-corrected chi connectivity index (χ0v) is 17.3. The molecule has 1 atom stereocenters. The van der Waals surface area contributed by atoms with E-state index in [2.05, 4.69) is 32.1 Å². The summed E-state index contributed by atoms with van der Waals surface area (Å²) in [6.45, 7) is 4.62. The van der Waals surface area contributed by atoms with Gasteiger partial charge in [0.15, 0.2) is 0 Å². The molecule has 2 aliphatic carbocycles. The van der Waals surface area contributed by atoms with Gasteiger partial charge < -0.3 is 0 Å². The van der Waals surface area contributed by atoms with Gasteiger partial charge in [-0.3, -0.25) is 0 Å². The van der Waals surface area contributed by atoms with Crippen molar-refractivity contribution in [3.05, 3.63) is 23.8 Å². The van der Waals surface area contributed by atoms with Crippen LogP contribution in [0.4, 0.5) is 0 Å². The Morgan fingerprint density at radius 1 is 0.760 bits per heavy atom. The van der Waals surface area contributed by atoms with Gasteiger partial charge in [0, 0.05) is 0 Å². The highest BCUT2D eigenvalue weighted by molar-refractivity contribution is 5.26. The maximum atomic E-state index is 2.60. The fourth-order valence-electron chi connectivity index (χ4n) is 4.85. The van der Waals surface area contributed by atoms with Crippen LogP contribution in [0.3, 0.4) is 0 Å². The summed E-state index contributed by atoms with van der Waals surface area (Å²) in [6.07, 6.45) is 30.6. The fourth-order valence-corrected chi connectivity index (χ4v) is 4.85. The van der Waals surface area contributed by atoms with Gasteiger partial charge in [0.1, 0.15) is 0 Å². The standard InChI is InChI=1S/C25H44/c1-3-5-7-8-9-11-13-23-16-20-25(21-17-23)24-18-14-22(15-19-24)12-10-6-4-2/h16,20-24H,3-15,17-19H2,1-2H3. The van der Waals surface area contributed by atoms with Gasteiger partial charge in [0.2, 0.25) is 0 Å². The van der Waals surface area contributed by atoms with Gasteiger partial charge in [0.05, 0.1) is 0 Å². The Bertz CT molecular complexity index is 381. The highest BCUT2D eigenvalue weighted by Crippen LogP contribution is 2.38. The molecule has 0 radical (unpaired) electrons. The molecule has 2 aliphatic rings. The van der Waals surface area contributed by atoms with Crippen LogP contribution in [0, 0.1) is 17.8 Å². The molecule has 1 saturated carbocycles. The molecule has 0 heterocycles. The summed E-state index contributed by atoms with van der Waals surface area (Å²) in [5, 5.41) is 0. The molecule has 0 spiro atoms. The van der Waals surface area contributed by atoms with Crippen molar-refractivity contribution in [1.29, 1.82) is 0 Å². The second kappa shape index (κ2) is 12.8. The third-order valence-electron chi connectivity index (χ3n) is 6.68. The SMILES string of the molecule is CCCCCCCCC1C=CC(C2CCC(CCCCC)CC2)=CC1. The minimum absolute atomic E-state index is 0.834. The van der Waals surface area contributed by atoms with Gasteiger partial charge in [-0.25, -0.2) is 0 Å². The van der Waals surface area contributed by atoms with E-state index in [0.29, 0.717) is 0 Å². The predicted octanol–water partition coefficient (Wildman–Crippen LogP) is 8.63. The summed E-state index contributed by atoms with van der Waals surface area (Å²) < 4.78 is 0. The topological polar surface area (TPSA) is 0 Å². The van der Waals surface area contributed by atoms with Crippen molar-refractivity contribution in [2.45, 2.75) is 117 Å². The third kappa shape index (κ3) is 8.14. The van der Waals surface area contributed by atoms with Crippen LogP contribution in [0.15, 0.2) is 23.8 Å². The summed E-state index contributed by atoms with van der Waals surface area (Å²) in [5.74, 6) is 2.76. The highest BCUT2D eigenvalue weighted by Gasteiger charge is 2.23. The lowest BCUT2D eigenvalue weighted by atomic mass is 9.75. The van der Waals surface area contributed by atoms with Crippen LogP contribution in [0.25, 0.3) is 0 Å². The molecule has 144 valence electrons. The van der Waals surface area contributed by atoms with Crippen LogP contribution in [0.2, 0.25) is 0 Å². The number of hydrogen-bond donors (Lipinski definition) is 0. The molecule has 25 heavy (non-hydrogen) atoms. The fraction of sp³-hybridized carbons (Fsp3) is 0.840. The Balaban J connectivity index is 1.58. The Hall–Kier alpha value is -0.520. The van der Waals surface area contributed by atoms with E-state index < -0.39 is 0 Å². The van der Waals surface area contributed by atoms with Crippen LogP contribution in [0.5, 0.6) is 0 Å². The zero-order valence-electron chi connectivity index (χ0n) is 17.3. The largest absolute Gasteiger partial charge is 0.0808 e. The smallest absolute Gasteiger partial charge is 0.0165 e. The van der Waals surface area contributed by atoms with Gasteiger partial charge in [-0.2, -0.15) is 0 Å². The molecule has 0 aromatic carbocycles. The molecule has 0 heteroatoms. The average molecular weight is 345 g/mol. The first-order valence-corrected chi connectivity index (χ1v) is 11.7. The molecular formula is C25H44. The molecule has 0 aromatic heterocycles. The van der Waals surface area contributed by atoms with Crippen molar-refractivity contribution in [3.63, 3.8) is 0 Å². The molecular weight excluding hydrogens is 300 g/mol. The number of rotatable bonds is 12. The van der Waals surface area contributed by atoms with E-state index in [4.69, 9.17) is 0 Å². The van der Waals surface area contributed by atoms with Crippen molar-refractivity contribution >= 4 is 0 Å². The molecule has 0 aromatic rings. The molecule has 0 N–H and O–H groups in total. The molecule has 0 bridgehead atoms. The first-order valence-electron chi connectivity index (χ1n) is 11.7. The Labute approximate surface area is 158 Å². The summed E-state index contributed by atoms with van der Waals surface area (Å²) in [7, 11) is 0. The Kier molecular flexibility index (Phi) is 10.6. The minimum Gasteiger partial charge on any atom is -0.0808 e. The molecule has 1 unspecified atom stereocenters. The summed E-state index contributed by atoms with van der Waals surface area (Å²) in [4.78, 5) is 0. The van der Waals surface area contributed by atoms with Crippen molar-refractivity contribution in [2.24, 2.45) is 17.8 Å². The van der Waals surface area contributed by atoms with Crippen molar-refractivity contribution in [1.82, 2.24) is 0 Å². The maximum Gasteiger partial charge on any atom is -0.0165 e. The third-order valence-corrected chi connectivity index (χ3v) is 6.68. The normalized spacial score (nSPS) is 26.6. The number of allylic oxidation sites excluding steroid dienone is 4. The second-order valence-electron chi connectivity index (χ2n) is 8.83. The van der Waals surface area contributed by atoms with E-state index in [-0.39, 0.29) is 0 Å². The molecule has 0 amide bonds. The van der Waals surface area contributed by atoms with E-state index in [0.717, 1.165) is 17.8 Å². The number of hydrogen-bond acceptors (Lipinski definition) is 0. The monoisotopic (exact) mass is 344 g/mol. The quantitative estimate of drug-likeness (QED) is 0.311. The van der Waals surface area contributed by atoms with Crippen molar-refractivity contribution < 1.29 is 0 Å². The van der Waals surface area contributed by atoms with Crippen LogP contribution in [-0.4, -0.2) is 0 Å². The van der Waals surface area contributed by atoms with Crippen LogP contribution < -0.4 is 0 Å². The van der Waals surface area contributed by atoms with Gasteiger partial charge in [0.25, 0.3) is 0 Å². The maximum absolute atomic E-state index is 2.60. The zero-order chi connectivity index (χ0) is 17.7. The highest BCUT2D eigenvalue weighted by atomic mass is 14.3. The second-order valence-corrected chi connectivity index (χ2v) is 8.83. The summed E-state index contributed by atoms with van der Waals surface area (Å²) in [6, 6.07) is 0. The molecule has 0 saturated heterocycles. The predicted molar refractivity (Wildman–Crippen MR) is 113 cm³/mol. The Morgan fingerprint density at radius 3 is 2.08 bits per heavy atom. The van der Waals surface area contributed by atoms with E-state index in [9.17, 15) is 0 Å². The first kappa shape index (κ1) is 20.8. The lowest BCUT2D eigenvalue weighted by molar-refractivity contribution is 0.283. The van der Waals surface area contributed by atoms with E-state index >= 15 is 0 Å². The number of unbranched alkanes of at least 4 members (excludes halogenated alkanes) is 7. The van der Waals surface area contributed by atoms with Crippen LogP contribution >= 0.6 is 0 Å². The molecule has 1 fully saturated rings. The van der Waals surface area contributed by atoms with E-state index in [1.807, 2.05) is 0 Å². The first-order chi connectivity index (χ1) is 12.3. The van der Waals surface area contributed by atoms with Gasteiger partial charge in [-0.05, 0) is 61.9 Å². The van der Waals surface area contributed by atoms with E-state index in [1.165, 1.54) is 103 Å². The summed E-state index contributed by atoms with van der Waals surface area (Å²) >= 11 is 0. The minimum atomic E-state index is 0.834. The van der Waals surface area contributed by atoms with E-state index in [1.54, 1.807) is 5.57 Å². The van der Waals surface area contributed by atoms with Gasteiger partial charge in [-0.15, -0.1) is 0 Å². The average Bonchev–Trinajstić information content (AvgIpc) is 2.66. The molecule has 0 nitrogen and oxygen atoms in total.